The van der Waals surface area contributed by atoms with Gasteiger partial charge in [-0.1, -0.05) is 57.0 Å². The van der Waals surface area contributed by atoms with Gasteiger partial charge in [0.2, 0.25) is 0 Å². The summed E-state index contributed by atoms with van der Waals surface area (Å²) in [6.07, 6.45) is 4.40. The molecule has 1 atom stereocenters. The van der Waals surface area contributed by atoms with Crippen molar-refractivity contribution in [1.82, 2.24) is 4.98 Å². The average molecular weight is 338 g/mol. The van der Waals surface area contributed by atoms with Crippen molar-refractivity contribution in [2.75, 3.05) is 0 Å². The van der Waals surface area contributed by atoms with Crippen LogP contribution in [0.1, 0.15) is 44.5 Å². The van der Waals surface area contributed by atoms with Gasteiger partial charge < -0.3 is 4.98 Å². The molecule has 0 saturated carbocycles. The Labute approximate surface area is 141 Å². The summed E-state index contributed by atoms with van der Waals surface area (Å²) < 4.78 is 0. The minimum absolute atomic E-state index is 0.0411. The lowest BCUT2D eigenvalue weighted by Crippen LogP contribution is -2.19. The molecule has 1 aromatic heterocycles. The molecule has 0 aliphatic heterocycles. The predicted octanol–water partition coefficient (Wildman–Crippen LogP) is 6.24. The zero-order valence-corrected chi connectivity index (χ0v) is 14.8. The number of H-pyrrole nitrogens is 1. The summed E-state index contributed by atoms with van der Waals surface area (Å²) in [7, 11) is 0. The van der Waals surface area contributed by atoms with Crippen molar-refractivity contribution in [1.29, 1.82) is 0 Å². The number of carbonyl (C=O) groups excluding carboxylic acids is 1. The summed E-state index contributed by atoms with van der Waals surface area (Å²) in [5, 5.41) is 1.13. The highest BCUT2D eigenvalue weighted by Crippen LogP contribution is 2.34. The number of aromatic amines is 1. The number of Topliss-reactive ketones (excluding diaryl/α,β-unsaturated/α-hetero) is 1. The highest BCUT2D eigenvalue weighted by molar-refractivity contribution is 6.36. The van der Waals surface area contributed by atoms with Gasteiger partial charge in [0, 0.05) is 45.0 Å². The molecule has 2 rings (SSSR count). The Bertz CT molecular complexity index is 683. The van der Waals surface area contributed by atoms with Crippen LogP contribution in [0.15, 0.2) is 30.6 Å². The monoisotopic (exact) mass is 337 g/mol. The van der Waals surface area contributed by atoms with Crippen molar-refractivity contribution >= 4 is 29.0 Å². The number of rotatable bonds is 4. The van der Waals surface area contributed by atoms with Gasteiger partial charge in [0.05, 0.1) is 0 Å². The first kappa shape index (κ1) is 17.1. The van der Waals surface area contributed by atoms with Crippen LogP contribution in [0, 0.1) is 11.3 Å². The molecule has 1 heterocycles. The van der Waals surface area contributed by atoms with Gasteiger partial charge in [-0.15, -0.1) is 0 Å². The molecule has 1 unspecified atom stereocenters. The summed E-state index contributed by atoms with van der Waals surface area (Å²) in [6.45, 7) is 8.41. The third-order valence-corrected chi connectivity index (χ3v) is 4.15. The number of aromatic nitrogens is 1. The summed E-state index contributed by atoms with van der Waals surface area (Å²) in [5.41, 5.74) is 2.44. The van der Waals surface area contributed by atoms with Crippen LogP contribution in [0.25, 0.3) is 11.1 Å². The highest BCUT2D eigenvalue weighted by atomic mass is 35.5. The van der Waals surface area contributed by atoms with E-state index in [2.05, 4.69) is 25.8 Å². The number of hydrogen-bond acceptors (Lipinski definition) is 1. The van der Waals surface area contributed by atoms with Crippen molar-refractivity contribution in [3.05, 3.63) is 46.2 Å². The number of halogens is 2. The molecule has 0 aliphatic rings. The fourth-order valence-corrected chi connectivity index (χ4v) is 3.29. The van der Waals surface area contributed by atoms with Crippen LogP contribution in [0.3, 0.4) is 0 Å². The fourth-order valence-electron chi connectivity index (χ4n) is 2.78. The molecule has 1 aromatic carbocycles. The Morgan fingerprint density at radius 1 is 1.18 bits per heavy atom. The molecule has 0 bridgehead atoms. The molecule has 0 saturated heterocycles. The first-order valence-electron chi connectivity index (χ1n) is 7.35. The van der Waals surface area contributed by atoms with Gasteiger partial charge in [-0.2, -0.15) is 0 Å². The van der Waals surface area contributed by atoms with Crippen LogP contribution in [-0.2, 0) is 0 Å². The number of hydrogen-bond donors (Lipinski definition) is 1. The molecule has 0 amide bonds. The first-order chi connectivity index (χ1) is 10.2. The van der Waals surface area contributed by atoms with Gasteiger partial charge >= 0.3 is 0 Å². The van der Waals surface area contributed by atoms with Crippen LogP contribution in [-0.4, -0.2) is 10.8 Å². The van der Waals surface area contributed by atoms with E-state index in [-0.39, 0.29) is 17.1 Å². The van der Waals surface area contributed by atoms with E-state index in [4.69, 9.17) is 23.2 Å². The largest absolute Gasteiger partial charge is 0.366 e. The quantitative estimate of drug-likeness (QED) is 0.657. The Morgan fingerprint density at radius 2 is 1.86 bits per heavy atom. The van der Waals surface area contributed by atoms with Crippen LogP contribution < -0.4 is 0 Å². The van der Waals surface area contributed by atoms with Crippen LogP contribution in [0.4, 0.5) is 0 Å². The fraction of sp³-hybridized carbons (Fsp3) is 0.389. The number of benzene rings is 1. The maximum absolute atomic E-state index is 12.8. The second-order valence-corrected chi connectivity index (χ2v) is 7.78. The Balaban J connectivity index is 2.35. The SMILES string of the molecule is CC(CC(C)(C)C)C(=O)c1c[nH]cc1-c1ccc(Cl)cc1Cl. The summed E-state index contributed by atoms with van der Waals surface area (Å²) in [4.78, 5) is 15.8. The number of ketones is 1. The highest BCUT2D eigenvalue weighted by Gasteiger charge is 2.25. The van der Waals surface area contributed by atoms with Crippen molar-refractivity contribution in [2.24, 2.45) is 11.3 Å². The predicted molar refractivity (Wildman–Crippen MR) is 93.8 cm³/mol. The van der Waals surface area contributed by atoms with Crippen molar-refractivity contribution < 1.29 is 4.79 Å². The molecule has 4 heteroatoms. The van der Waals surface area contributed by atoms with Crippen molar-refractivity contribution in [3.63, 3.8) is 0 Å². The summed E-state index contributed by atoms with van der Waals surface area (Å²) in [5.74, 6) is 0.0952. The van der Waals surface area contributed by atoms with E-state index in [9.17, 15) is 4.79 Å². The van der Waals surface area contributed by atoms with Gasteiger partial charge in [-0.05, 0) is 24.0 Å². The zero-order chi connectivity index (χ0) is 16.5. The van der Waals surface area contributed by atoms with E-state index in [1.165, 1.54) is 0 Å². The van der Waals surface area contributed by atoms with Gasteiger partial charge in [0.25, 0.3) is 0 Å². The smallest absolute Gasteiger partial charge is 0.167 e. The Morgan fingerprint density at radius 3 is 2.45 bits per heavy atom. The minimum Gasteiger partial charge on any atom is -0.366 e. The Hall–Kier alpha value is -1.25. The molecule has 118 valence electrons. The molecule has 0 radical (unpaired) electrons. The zero-order valence-electron chi connectivity index (χ0n) is 13.3. The van der Waals surface area contributed by atoms with E-state index in [1.54, 1.807) is 18.3 Å². The van der Waals surface area contributed by atoms with Crippen LogP contribution in [0.2, 0.25) is 10.0 Å². The van der Waals surface area contributed by atoms with Gasteiger partial charge in [-0.25, -0.2) is 0 Å². The molecule has 0 spiro atoms. The number of nitrogens with one attached hydrogen (secondary N) is 1. The van der Waals surface area contributed by atoms with Crippen molar-refractivity contribution in [2.45, 2.75) is 34.1 Å². The van der Waals surface area contributed by atoms with E-state index >= 15 is 0 Å². The second kappa shape index (κ2) is 6.47. The van der Waals surface area contributed by atoms with E-state index in [0.717, 1.165) is 17.5 Å². The summed E-state index contributed by atoms with van der Waals surface area (Å²) >= 11 is 12.2. The standard InChI is InChI=1S/C18H21Cl2NO/c1-11(8-18(2,3)4)17(22)15-10-21-9-14(15)13-6-5-12(19)7-16(13)20/h5-7,9-11,21H,8H2,1-4H3. The van der Waals surface area contributed by atoms with E-state index < -0.39 is 0 Å². The first-order valence-corrected chi connectivity index (χ1v) is 8.11. The lowest BCUT2D eigenvalue weighted by molar-refractivity contribution is 0.0898. The molecule has 2 aromatic rings. The lowest BCUT2D eigenvalue weighted by atomic mass is 9.82. The normalized spacial score (nSPS) is 13.2. The van der Waals surface area contributed by atoms with Gasteiger partial charge in [-0.3, -0.25) is 4.79 Å². The Kier molecular flexibility index (Phi) is 5.03. The maximum Gasteiger partial charge on any atom is 0.167 e. The van der Waals surface area contributed by atoms with Crippen molar-refractivity contribution in [3.8, 4) is 11.1 Å². The lowest BCUT2D eigenvalue weighted by Gasteiger charge is -2.22. The molecule has 1 N–H and O–H groups in total. The van der Waals surface area contributed by atoms with Crippen LogP contribution in [0.5, 0.6) is 0 Å². The molecule has 2 nitrogen and oxygen atoms in total. The average Bonchev–Trinajstić information content (AvgIpc) is 2.84. The molecule has 0 fully saturated rings. The second-order valence-electron chi connectivity index (χ2n) is 6.94. The molecular weight excluding hydrogens is 317 g/mol. The van der Waals surface area contributed by atoms with Gasteiger partial charge in [0.1, 0.15) is 0 Å². The topological polar surface area (TPSA) is 32.9 Å². The third-order valence-electron chi connectivity index (χ3n) is 3.60. The van der Waals surface area contributed by atoms with E-state index in [1.807, 2.05) is 19.2 Å². The third kappa shape index (κ3) is 3.93. The van der Waals surface area contributed by atoms with Crippen LogP contribution >= 0.6 is 23.2 Å². The van der Waals surface area contributed by atoms with E-state index in [0.29, 0.717) is 15.6 Å². The minimum atomic E-state index is -0.0411. The maximum atomic E-state index is 12.8. The van der Waals surface area contributed by atoms with Gasteiger partial charge in [0.15, 0.2) is 5.78 Å². The summed E-state index contributed by atoms with van der Waals surface area (Å²) in [6, 6.07) is 5.32. The number of carbonyl (C=O) groups is 1. The molecule has 22 heavy (non-hydrogen) atoms. The molecule has 0 aliphatic carbocycles. The molecular formula is C18H21Cl2NO.